The van der Waals surface area contributed by atoms with Gasteiger partial charge < -0.3 is 15.4 Å². The van der Waals surface area contributed by atoms with Gasteiger partial charge in [0.2, 0.25) is 5.91 Å². The summed E-state index contributed by atoms with van der Waals surface area (Å²) in [5, 5.41) is 6.00. The summed E-state index contributed by atoms with van der Waals surface area (Å²) in [7, 11) is 0. The molecule has 1 aliphatic heterocycles. The van der Waals surface area contributed by atoms with E-state index in [9.17, 15) is 9.59 Å². The zero-order valence-corrected chi connectivity index (χ0v) is 20.1. The molecule has 174 valence electrons. The van der Waals surface area contributed by atoms with Gasteiger partial charge in [-0.15, -0.1) is 0 Å². The average Bonchev–Trinajstić information content (AvgIpc) is 3.19. The predicted octanol–water partition coefficient (Wildman–Crippen LogP) is 3.79. The topological polar surface area (TPSA) is 83.6 Å². The number of anilines is 1. The average molecular weight is 467 g/mol. The Morgan fingerprint density at radius 3 is 2.52 bits per heavy atom. The number of morpholine rings is 1. The molecule has 3 aromatic rings. The standard InChI is InChI=1S/C25H30N4O3S/c1-25(2,3)19-7-5-18(6-8-19)23(31)26-15-22(30)28-24-27-20-9-4-17(14-21(20)33-24)16-29-10-12-32-13-11-29/h4-9,14H,10-13,15-16H2,1-3H3,(H,26,31)(H,27,28,30). The normalized spacial score (nSPS) is 14.9. The molecule has 2 N–H and O–H groups in total. The first-order chi connectivity index (χ1) is 15.8. The van der Waals surface area contributed by atoms with Gasteiger partial charge in [0.05, 0.1) is 30.0 Å². The third-order valence-electron chi connectivity index (χ3n) is 5.63. The van der Waals surface area contributed by atoms with Crippen LogP contribution in [0.3, 0.4) is 0 Å². The molecule has 2 aromatic carbocycles. The molecule has 0 radical (unpaired) electrons. The van der Waals surface area contributed by atoms with Gasteiger partial charge in [-0.3, -0.25) is 14.5 Å². The molecule has 2 amide bonds. The Morgan fingerprint density at radius 1 is 1.09 bits per heavy atom. The third kappa shape index (κ3) is 6.16. The van der Waals surface area contributed by atoms with Crippen molar-refractivity contribution in [3.63, 3.8) is 0 Å². The summed E-state index contributed by atoms with van der Waals surface area (Å²) in [6.07, 6.45) is 0. The number of hydrogen-bond donors (Lipinski definition) is 2. The summed E-state index contributed by atoms with van der Waals surface area (Å²) in [5.41, 5.74) is 3.78. The molecule has 8 heteroatoms. The minimum atomic E-state index is -0.303. The second kappa shape index (κ2) is 9.99. The number of aromatic nitrogens is 1. The van der Waals surface area contributed by atoms with Crippen LogP contribution < -0.4 is 10.6 Å². The molecule has 0 bridgehead atoms. The zero-order chi connectivity index (χ0) is 23.4. The van der Waals surface area contributed by atoms with Crippen LogP contribution in [0.1, 0.15) is 42.3 Å². The van der Waals surface area contributed by atoms with E-state index in [-0.39, 0.29) is 23.8 Å². The van der Waals surface area contributed by atoms with Crippen molar-refractivity contribution in [2.75, 3.05) is 38.2 Å². The first kappa shape index (κ1) is 23.4. The smallest absolute Gasteiger partial charge is 0.251 e. The van der Waals surface area contributed by atoms with Crippen LogP contribution in [0.5, 0.6) is 0 Å². The molecule has 1 saturated heterocycles. The number of ether oxygens (including phenoxy) is 1. The van der Waals surface area contributed by atoms with E-state index in [4.69, 9.17) is 4.74 Å². The van der Waals surface area contributed by atoms with E-state index in [0.717, 1.165) is 48.6 Å². The molecule has 33 heavy (non-hydrogen) atoms. The highest BCUT2D eigenvalue weighted by molar-refractivity contribution is 7.22. The van der Waals surface area contributed by atoms with Gasteiger partial charge in [0.25, 0.3) is 5.91 Å². The fourth-order valence-electron chi connectivity index (χ4n) is 3.69. The first-order valence-electron chi connectivity index (χ1n) is 11.2. The van der Waals surface area contributed by atoms with Gasteiger partial charge >= 0.3 is 0 Å². The Balaban J connectivity index is 1.31. The molecule has 7 nitrogen and oxygen atoms in total. The van der Waals surface area contributed by atoms with E-state index in [0.29, 0.717) is 10.7 Å². The SMILES string of the molecule is CC(C)(C)c1ccc(C(=O)NCC(=O)Nc2nc3ccc(CN4CCOCC4)cc3s2)cc1. The molecule has 4 rings (SSSR count). The largest absolute Gasteiger partial charge is 0.379 e. The maximum Gasteiger partial charge on any atom is 0.251 e. The number of nitrogens with zero attached hydrogens (tertiary/aromatic N) is 2. The molecule has 2 heterocycles. The lowest BCUT2D eigenvalue weighted by Gasteiger charge is -2.26. The van der Waals surface area contributed by atoms with Gasteiger partial charge in [-0.05, 0) is 40.8 Å². The lowest BCUT2D eigenvalue weighted by molar-refractivity contribution is -0.115. The van der Waals surface area contributed by atoms with Crippen LogP contribution in [0.25, 0.3) is 10.2 Å². The zero-order valence-electron chi connectivity index (χ0n) is 19.3. The predicted molar refractivity (Wildman–Crippen MR) is 132 cm³/mol. The van der Waals surface area contributed by atoms with Crippen molar-refractivity contribution in [3.8, 4) is 0 Å². The molecule has 0 unspecified atom stereocenters. The van der Waals surface area contributed by atoms with Crippen molar-refractivity contribution in [1.29, 1.82) is 0 Å². The summed E-state index contributed by atoms with van der Waals surface area (Å²) >= 11 is 1.44. The summed E-state index contributed by atoms with van der Waals surface area (Å²) in [5.74, 6) is -0.579. The highest BCUT2D eigenvalue weighted by Gasteiger charge is 2.16. The number of thiazole rings is 1. The molecule has 0 spiro atoms. The lowest BCUT2D eigenvalue weighted by Crippen LogP contribution is -2.35. The van der Waals surface area contributed by atoms with Gasteiger partial charge in [-0.2, -0.15) is 0 Å². The van der Waals surface area contributed by atoms with Gasteiger partial charge in [-0.25, -0.2) is 4.98 Å². The summed E-state index contributed by atoms with van der Waals surface area (Å²) in [4.78, 5) is 31.6. The van der Waals surface area contributed by atoms with Crippen molar-refractivity contribution in [3.05, 3.63) is 59.2 Å². The summed E-state index contributed by atoms with van der Waals surface area (Å²) in [6, 6.07) is 13.7. The van der Waals surface area contributed by atoms with E-state index < -0.39 is 0 Å². The van der Waals surface area contributed by atoms with Crippen LogP contribution in [0.4, 0.5) is 5.13 Å². The quantitative estimate of drug-likeness (QED) is 0.577. The fraction of sp³-hybridized carbons (Fsp3) is 0.400. The Hall–Kier alpha value is -2.81. The second-order valence-corrected chi connectivity index (χ2v) is 10.3. The van der Waals surface area contributed by atoms with Crippen LogP contribution in [0.2, 0.25) is 0 Å². The van der Waals surface area contributed by atoms with Gasteiger partial charge in [0, 0.05) is 25.2 Å². The Morgan fingerprint density at radius 2 is 1.82 bits per heavy atom. The number of amides is 2. The maximum absolute atomic E-state index is 12.4. The monoisotopic (exact) mass is 466 g/mol. The summed E-state index contributed by atoms with van der Waals surface area (Å²) < 4.78 is 6.44. The van der Waals surface area contributed by atoms with E-state index in [1.54, 1.807) is 12.1 Å². The number of carbonyl (C=O) groups excluding carboxylic acids is 2. The fourth-order valence-corrected chi connectivity index (χ4v) is 4.63. The third-order valence-corrected chi connectivity index (χ3v) is 6.57. The number of carbonyl (C=O) groups is 2. The number of fused-ring (bicyclic) bond motifs is 1. The number of rotatable bonds is 6. The number of nitrogens with one attached hydrogen (secondary N) is 2. The van der Waals surface area contributed by atoms with E-state index in [1.165, 1.54) is 16.9 Å². The lowest BCUT2D eigenvalue weighted by atomic mass is 9.87. The molecule has 1 aromatic heterocycles. The molecular formula is C25H30N4O3S. The summed E-state index contributed by atoms with van der Waals surface area (Å²) in [6.45, 7) is 10.6. The second-order valence-electron chi connectivity index (χ2n) is 9.27. The van der Waals surface area contributed by atoms with Crippen molar-refractivity contribution >= 4 is 38.5 Å². The molecule has 0 saturated carbocycles. The van der Waals surface area contributed by atoms with Crippen LogP contribution in [0, 0.1) is 0 Å². The van der Waals surface area contributed by atoms with Crippen LogP contribution in [0.15, 0.2) is 42.5 Å². The highest BCUT2D eigenvalue weighted by Crippen LogP contribution is 2.27. The Labute approximate surface area is 198 Å². The van der Waals surface area contributed by atoms with E-state index in [2.05, 4.69) is 53.4 Å². The minimum absolute atomic E-state index is 0.0232. The van der Waals surface area contributed by atoms with Crippen LogP contribution in [-0.2, 0) is 21.5 Å². The Kier molecular flexibility index (Phi) is 7.07. The van der Waals surface area contributed by atoms with Crippen molar-refractivity contribution in [2.45, 2.75) is 32.7 Å². The molecule has 1 aliphatic rings. The maximum atomic E-state index is 12.4. The van der Waals surface area contributed by atoms with E-state index >= 15 is 0 Å². The van der Waals surface area contributed by atoms with Crippen molar-refractivity contribution in [1.82, 2.24) is 15.2 Å². The van der Waals surface area contributed by atoms with E-state index in [1.807, 2.05) is 18.2 Å². The Bertz CT molecular complexity index is 1130. The molecule has 1 fully saturated rings. The molecule has 0 atom stereocenters. The molecule has 0 aliphatic carbocycles. The van der Waals surface area contributed by atoms with Crippen LogP contribution >= 0.6 is 11.3 Å². The number of benzene rings is 2. The van der Waals surface area contributed by atoms with Gasteiger partial charge in [0.1, 0.15) is 0 Å². The van der Waals surface area contributed by atoms with Crippen molar-refractivity contribution in [2.24, 2.45) is 0 Å². The van der Waals surface area contributed by atoms with Crippen LogP contribution in [-0.4, -0.2) is 54.5 Å². The molecular weight excluding hydrogens is 436 g/mol. The minimum Gasteiger partial charge on any atom is -0.379 e. The number of hydrogen-bond acceptors (Lipinski definition) is 6. The highest BCUT2D eigenvalue weighted by atomic mass is 32.1. The van der Waals surface area contributed by atoms with Crippen molar-refractivity contribution < 1.29 is 14.3 Å². The van der Waals surface area contributed by atoms with Gasteiger partial charge in [-0.1, -0.05) is 50.3 Å². The first-order valence-corrected chi connectivity index (χ1v) is 12.0. The van der Waals surface area contributed by atoms with Gasteiger partial charge in [0.15, 0.2) is 5.13 Å².